The third-order valence-corrected chi connectivity index (χ3v) is 3.73. The van der Waals surface area contributed by atoms with E-state index in [0.29, 0.717) is 16.5 Å². The van der Waals surface area contributed by atoms with Crippen LogP contribution in [0.3, 0.4) is 0 Å². The highest BCUT2D eigenvalue weighted by Gasteiger charge is 2.40. The molecule has 0 heterocycles. The number of hydrogen-bond donors (Lipinski definition) is 1. The molecule has 0 amide bonds. The van der Waals surface area contributed by atoms with Crippen molar-refractivity contribution in [3.8, 4) is 11.5 Å². The molecule has 94 valence electrons. The van der Waals surface area contributed by atoms with Crippen molar-refractivity contribution in [3.05, 3.63) is 22.2 Å². The highest BCUT2D eigenvalue weighted by Crippen LogP contribution is 2.53. The summed E-state index contributed by atoms with van der Waals surface area (Å²) in [4.78, 5) is 0. The Hall–Kier alpha value is -0.930. The maximum absolute atomic E-state index is 6.34. The van der Waals surface area contributed by atoms with E-state index < -0.39 is 0 Å². The van der Waals surface area contributed by atoms with Gasteiger partial charge in [-0.05, 0) is 17.4 Å². The van der Waals surface area contributed by atoms with Crippen LogP contribution in [0.25, 0.3) is 0 Å². The second-order valence-electron chi connectivity index (χ2n) is 5.08. The van der Waals surface area contributed by atoms with Crippen LogP contribution >= 0.6 is 11.6 Å². The normalized spacial score (nSPS) is 21.2. The van der Waals surface area contributed by atoms with Gasteiger partial charge in [0.1, 0.15) is 0 Å². The number of ether oxygens (including phenoxy) is 2. The Balaban J connectivity index is 2.76. The Labute approximate surface area is 107 Å². The quantitative estimate of drug-likeness (QED) is 0.884. The lowest BCUT2D eigenvalue weighted by Crippen LogP contribution is -2.14. The fourth-order valence-corrected chi connectivity index (χ4v) is 3.24. The molecular formula is C13H18ClNO2. The Kier molecular flexibility index (Phi) is 3.00. The third-order valence-electron chi connectivity index (χ3n) is 3.44. The van der Waals surface area contributed by atoms with Gasteiger partial charge in [0.25, 0.3) is 0 Å². The minimum absolute atomic E-state index is 0.0224. The minimum Gasteiger partial charge on any atom is -0.493 e. The van der Waals surface area contributed by atoms with Crippen LogP contribution < -0.4 is 15.2 Å². The average molecular weight is 256 g/mol. The van der Waals surface area contributed by atoms with E-state index in [1.165, 1.54) is 0 Å². The summed E-state index contributed by atoms with van der Waals surface area (Å²) >= 11 is 6.34. The van der Waals surface area contributed by atoms with Gasteiger partial charge >= 0.3 is 0 Å². The predicted octanol–water partition coefficient (Wildman–Crippen LogP) is 3.04. The lowest BCUT2D eigenvalue weighted by atomic mass is 9.86. The predicted molar refractivity (Wildman–Crippen MR) is 69.1 cm³/mol. The summed E-state index contributed by atoms with van der Waals surface area (Å²) in [6, 6.07) is 1.75. The van der Waals surface area contributed by atoms with Gasteiger partial charge in [0.2, 0.25) is 0 Å². The van der Waals surface area contributed by atoms with Crippen molar-refractivity contribution >= 4 is 11.6 Å². The van der Waals surface area contributed by atoms with Crippen molar-refractivity contribution in [1.82, 2.24) is 0 Å². The van der Waals surface area contributed by atoms with Crippen molar-refractivity contribution in [2.45, 2.75) is 31.7 Å². The van der Waals surface area contributed by atoms with E-state index in [1.807, 2.05) is 0 Å². The second kappa shape index (κ2) is 4.07. The van der Waals surface area contributed by atoms with Gasteiger partial charge in [0, 0.05) is 22.7 Å². The van der Waals surface area contributed by atoms with Crippen LogP contribution in [0.1, 0.15) is 37.4 Å². The van der Waals surface area contributed by atoms with Gasteiger partial charge < -0.3 is 15.2 Å². The maximum atomic E-state index is 6.34. The first-order chi connectivity index (χ1) is 7.92. The van der Waals surface area contributed by atoms with Crippen LogP contribution in [0.5, 0.6) is 11.5 Å². The van der Waals surface area contributed by atoms with Crippen molar-refractivity contribution in [2.75, 3.05) is 14.2 Å². The van der Waals surface area contributed by atoms with E-state index >= 15 is 0 Å². The number of benzene rings is 1. The van der Waals surface area contributed by atoms with E-state index in [2.05, 4.69) is 13.8 Å². The monoisotopic (exact) mass is 255 g/mol. The molecule has 3 nitrogen and oxygen atoms in total. The Morgan fingerprint density at radius 2 is 2.00 bits per heavy atom. The van der Waals surface area contributed by atoms with Gasteiger partial charge in [-0.1, -0.05) is 25.4 Å². The van der Waals surface area contributed by atoms with Crippen LogP contribution in [-0.2, 0) is 5.41 Å². The molecule has 2 rings (SSSR count). The first-order valence-electron chi connectivity index (χ1n) is 5.62. The van der Waals surface area contributed by atoms with Gasteiger partial charge in [-0.3, -0.25) is 0 Å². The average Bonchev–Trinajstić information content (AvgIpc) is 2.49. The molecule has 1 atom stereocenters. The molecule has 0 saturated heterocycles. The SMILES string of the molecule is COc1cc(Cl)c2c(c1OC)[C@@H](N)CC2(C)C. The Morgan fingerprint density at radius 3 is 2.53 bits per heavy atom. The van der Waals surface area contributed by atoms with Gasteiger partial charge in [-0.25, -0.2) is 0 Å². The van der Waals surface area contributed by atoms with Gasteiger partial charge in [-0.15, -0.1) is 0 Å². The molecule has 1 aliphatic carbocycles. The number of halogens is 1. The van der Waals surface area contributed by atoms with Crippen molar-refractivity contribution in [3.63, 3.8) is 0 Å². The summed E-state index contributed by atoms with van der Waals surface area (Å²) in [6.45, 7) is 4.30. The molecule has 1 aliphatic rings. The third kappa shape index (κ3) is 1.78. The van der Waals surface area contributed by atoms with Gasteiger partial charge in [0.05, 0.1) is 14.2 Å². The van der Waals surface area contributed by atoms with Crippen molar-refractivity contribution in [1.29, 1.82) is 0 Å². The zero-order valence-corrected chi connectivity index (χ0v) is 11.4. The van der Waals surface area contributed by atoms with Crippen LogP contribution in [0, 0.1) is 0 Å². The van der Waals surface area contributed by atoms with Crippen LogP contribution in [-0.4, -0.2) is 14.2 Å². The van der Waals surface area contributed by atoms with Crippen LogP contribution in [0.4, 0.5) is 0 Å². The van der Waals surface area contributed by atoms with E-state index in [0.717, 1.165) is 17.5 Å². The summed E-state index contributed by atoms with van der Waals surface area (Å²) in [5, 5.41) is 0.704. The summed E-state index contributed by atoms with van der Waals surface area (Å²) in [7, 11) is 3.23. The highest BCUT2D eigenvalue weighted by molar-refractivity contribution is 6.32. The zero-order chi connectivity index (χ0) is 12.8. The number of methoxy groups -OCH3 is 2. The highest BCUT2D eigenvalue weighted by atomic mass is 35.5. The molecule has 0 aromatic heterocycles. The number of nitrogens with two attached hydrogens (primary N) is 1. The molecule has 0 aliphatic heterocycles. The molecule has 2 N–H and O–H groups in total. The molecule has 0 fully saturated rings. The number of hydrogen-bond acceptors (Lipinski definition) is 3. The topological polar surface area (TPSA) is 44.5 Å². The molecule has 17 heavy (non-hydrogen) atoms. The molecular weight excluding hydrogens is 238 g/mol. The molecule has 0 spiro atoms. The first kappa shape index (κ1) is 12.5. The maximum Gasteiger partial charge on any atom is 0.165 e. The number of rotatable bonds is 2. The molecule has 0 saturated carbocycles. The van der Waals surface area contributed by atoms with Crippen LogP contribution in [0.2, 0.25) is 5.02 Å². The minimum atomic E-state index is -0.0532. The number of fused-ring (bicyclic) bond motifs is 1. The molecule has 4 heteroatoms. The Bertz CT molecular complexity index is 457. The van der Waals surface area contributed by atoms with Crippen molar-refractivity contribution in [2.24, 2.45) is 5.73 Å². The Morgan fingerprint density at radius 1 is 1.35 bits per heavy atom. The summed E-state index contributed by atoms with van der Waals surface area (Å²) in [5.41, 5.74) is 8.25. The van der Waals surface area contributed by atoms with E-state index in [-0.39, 0.29) is 11.5 Å². The second-order valence-corrected chi connectivity index (χ2v) is 5.48. The van der Waals surface area contributed by atoms with E-state index in [4.69, 9.17) is 26.8 Å². The summed E-state index contributed by atoms with van der Waals surface area (Å²) in [5.74, 6) is 1.36. The first-order valence-corrected chi connectivity index (χ1v) is 6.00. The van der Waals surface area contributed by atoms with Gasteiger partial charge in [0.15, 0.2) is 11.5 Å². The fraction of sp³-hybridized carbons (Fsp3) is 0.538. The van der Waals surface area contributed by atoms with E-state index in [1.54, 1.807) is 20.3 Å². The molecule has 0 bridgehead atoms. The summed E-state index contributed by atoms with van der Waals surface area (Å²) < 4.78 is 10.7. The molecule has 1 aromatic rings. The lowest BCUT2D eigenvalue weighted by Gasteiger charge is -2.21. The molecule has 1 aromatic carbocycles. The molecule has 0 unspecified atom stereocenters. The largest absolute Gasteiger partial charge is 0.493 e. The van der Waals surface area contributed by atoms with E-state index in [9.17, 15) is 0 Å². The van der Waals surface area contributed by atoms with Crippen LogP contribution in [0.15, 0.2) is 6.07 Å². The van der Waals surface area contributed by atoms with Gasteiger partial charge in [-0.2, -0.15) is 0 Å². The fourth-order valence-electron chi connectivity index (χ4n) is 2.79. The zero-order valence-electron chi connectivity index (χ0n) is 10.6. The molecule has 0 radical (unpaired) electrons. The standard InChI is InChI=1S/C13H18ClNO2/c1-13(2)6-8(15)10-11(13)7(14)5-9(16-3)12(10)17-4/h5,8H,6,15H2,1-4H3/t8-/m0/s1. The smallest absolute Gasteiger partial charge is 0.165 e. The van der Waals surface area contributed by atoms with Crippen molar-refractivity contribution < 1.29 is 9.47 Å². The lowest BCUT2D eigenvalue weighted by molar-refractivity contribution is 0.350. The summed E-state index contributed by atoms with van der Waals surface area (Å²) in [6.07, 6.45) is 0.867.